The average molecular weight is 368 g/mol. The van der Waals surface area contributed by atoms with E-state index in [0.717, 1.165) is 6.54 Å². The summed E-state index contributed by atoms with van der Waals surface area (Å²) in [7, 11) is -3.23. The Kier molecular flexibility index (Phi) is 6.46. The Morgan fingerprint density at radius 3 is 2.48 bits per heavy atom. The highest BCUT2D eigenvalue weighted by molar-refractivity contribution is 7.93. The van der Waals surface area contributed by atoms with Crippen LogP contribution in [0.1, 0.15) is 44.5 Å². The van der Waals surface area contributed by atoms with E-state index in [1.54, 1.807) is 24.3 Å². The summed E-state index contributed by atoms with van der Waals surface area (Å²) in [6, 6.07) is 7.66. The molecule has 1 amide bonds. The maximum Gasteiger partial charge on any atom is 0.251 e. The lowest BCUT2D eigenvalue weighted by molar-refractivity contribution is 0.0939. The second-order valence-electron chi connectivity index (χ2n) is 6.97. The van der Waals surface area contributed by atoms with E-state index in [9.17, 15) is 13.2 Å². The third-order valence-electron chi connectivity index (χ3n) is 4.48. The SMILES string of the molecule is CC(C)N(CCNC(=O)c1cccc(N2CCCS2(=O)=O)c1)C(C)C. The summed E-state index contributed by atoms with van der Waals surface area (Å²) >= 11 is 0. The van der Waals surface area contributed by atoms with Crippen LogP contribution in [0.5, 0.6) is 0 Å². The number of amides is 1. The van der Waals surface area contributed by atoms with Crippen LogP contribution in [0.3, 0.4) is 0 Å². The molecular weight excluding hydrogens is 338 g/mol. The first-order valence-electron chi connectivity index (χ1n) is 8.87. The summed E-state index contributed by atoms with van der Waals surface area (Å²) in [5, 5.41) is 2.93. The molecule has 1 saturated heterocycles. The summed E-state index contributed by atoms with van der Waals surface area (Å²) in [5.41, 5.74) is 1.05. The van der Waals surface area contributed by atoms with E-state index >= 15 is 0 Å². The van der Waals surface area contributed by atoms with Crippen molar-refractivity contribution < 1.29 is 13.2 Å². The van der Waals surface area contributed by atoms with Gasteiger partial charge in [-0.3, -0.25) is 14.0 Å². The van der Waals surface area contributed by atoms with E-state index in [0.29, 0.717) is 42.8 Å². The van der Waals surface area contributed by atoms with Gasteiger partial charge in [-0.2, -0.15) is 0 Å². The summed E-state index contributed by atoms with van der Waals surface area (Å²) in [6.45, 7) is 10.4. The second-order valence-corrected chi connectivity index (χ2v) is 8.99. The van der Waals surface area contributed by atoms with E-state index in [-0.39, 0.29) is 11.7 Å². The zero-order valence-corrected chi connectivity index (χ0v) is 16.3. The van der Waals surface area contributed by atoms with Gasteiger partial charge in [0.2, 0.25) is 10.0 Å². The molecule has 0 radical (unpaired) electrons. The van der Waals surface area contributed by atoms with Crippen LogP contribution in [-0.2, 0) is 10.0 Å². The van der Waals surface area contributed by atoms with Crippen LogP contribution in [0.4, 0.5) is 5.69 Å². The number of rotatable bonds is 7. The number of carbonyl (C=O) groups excluding carboxylic acids is 1. The highest BCUT2D eigenvalue weighted by Crippen LogP contribution is 2.24. The van der Waals surface area contributed by atoms with Gasteiger partial charge in [0.05, 0.1) is 11.4 Å². The highest BCUT2D eigenvalue weighted by atomic mass is 32.2. The van der Waals surface area contributed by atoms with Gasteiger partial charge < -0.3 is 5.32 Å². The predicted molar refractivity (Wildman–Crippen MR) is 102 cm³/mol. The molecule has 1 aromatic carbocycles. The number of anilines is 1. The van der Waals surface area contributed by atoms with Crippen LogP contribution in [-0.4, -0.2) is 56.7 Å². The smallest absolute Gasteiger partial charge is 0.251 e. The quantitative estimate of drug-likeness (QED) is 0.801. The molecule has 7 heteroatoms. The number of benzene rings is 1. The molecule has 140 valence electrons. The lowest BCUT2D eigenvalue weighted by atomic mass is 10.2. The van der Waals surface area contributed by atoms with Gasteiger partial charge in [-0.25, -0.2) is 8.42 Å². The van der Waals surface area contributed by atoms with Gasteiger partial charge in [0, 0.05) is 37.3 Å². The Labute approximate surface area is 151 Å². The molecule has 1 aromatic rings. The Morgan fingerprint density at radius 1 is 1.24 bits per heavy atom. The number of nitrogens with one attached hydrogen (secondary N) is 1. The van der Waals surface area contributed by atoms with Crippen molar-refractivity contribution in [3.63, 3.8) is 0 Å². The lowest BCUT2D eigenvalue weighted by Gasteiger charge is -2.30. The highest BCUT2D eigenvalue weighted by Gasteiger charge is 2.28. The van der Waals surface area contributed by atoms with Crippen molar-refractivity contribution in [2.45, 2.75) is 46.2 Å². The Balaban J connectivity index is 2.00. The molecule has 0 aromatic heterocycles. The summed E-state index contributed by atoms with van der Waals surface area (Å²) in [6.07, 6.45) is 0.624. The van der Waals surface area contributed by atoms with Crippen LogP contribution in [0.2, 0.25) is 0 Å². The minimum absolute atomic E-state index is 0.170. The summed E-state index contributed by atoms with van der Waals surface area (Å²) < 4.78 is 25.5. The second kappa shape index (κ2) is 8.19. The van der Waals surface area contributed by atoms with Crippen LogP contribution in [0, 0.1) is 0 Å². The molecule has 0 saturated carbocycles. The maximum absolute atomic E-state index is 12.4. The third-order valence-corrected chi connectivity index (χ3v) is 6.35. The number of hydrogen-bond donors (Lipinski definition) is 1. The van der Waals surface area contributed by atoms with Gasteiger partial charge in [0.1, 0.15) is 0 Å². The molecule has 25 heavy (non-hydrogen) atoms. The van der Waals surface area contributed by atoms with Crippen molar-refractivity contribution in [2.75, 3.05) is 29.7 Å². The topological polar surface area (TPSA) is 69.7 Å². The van der Waals surface area contributed by atoms with Gasteiger partial charge in [-0.1, -0.05) is 6.07 Å². The molecule has 1 aliphatic rings. The lowest BCUT2D eigenvalue weighted by Crippen LogP contribution is -2.42. The molecule has 0 atom stereocenters. The first-order valence-corrected chi connectivity index (χ1v) is 10.5. The van der Waals surface area contributed by atoms with Crippen molar-refractivity contribution >= 4 is 21.6 Å². The first kappa shape index (κ1) is 19.7. The summed E-state index contributed by atoms with van der Waals surface area (Å²) in [4.78, 5) is 14.7. The molecule has 0 aliphatic carbocycles. The van der Waals surface area contributed by atoms with Crippen LogP contribution < -0.4 is 9.62 Å². The molecule has 2 rings (SSSR count). The fourth-order valence-electron chi connectivity index (χ4n) is 3.25. The molecular formula is C18H29N3O3S. The van der Waals surface area contributed by atoms with Gasteiger partial charge in [0.25, 0.3) is 5.91 Å². The zero-order valence-electron chi connectivity index (χ0n) is 15.5. The van der Waals surface area contributed by atoms with Crippen LogP contribution in [0.25, 0.3) is 0 Å². The van der Waals surface area contributed by atoms with Crippen LogP contribution in [0.15, 0.2) is 24.3 Å². The standard InChI is InChI=1S/C18H29N3O3S/c1-14(2)20(15(3)4)11-9-19-18(22)16-7-5-8-17(13-16)21-10-6-12-25(21,23)24/h5,7-8,13-15H,6,9-12H2,1-4H3,(H,19,22). The fraction of sp³-hybridized carbons (Fsp3) is 0.611. The summed E-state index contributed by atoms with van der Waals surface area (Å²) in [5.74, 6) is -0.00479. The largest absolute Gasteiger partial charge is 0.351 e. The Bertz CT molecular complexity index is 693. The van der Waals surface area contributed by atoms with Crippen molar-refractivity contribution in [1.82, 2.24) is 10.2 Å². The molecule has 1 N–H and O–H groups in total. The van der Waals surface area contributed by atoms with Crippen molar-refractivity contribution in [1.29, 1.82) is 0 Å². The van der Waals surface area contributed by atoms with Gasteiger partial charge in [-0.05, 0) is 52.3 Å². The minimum Gasteiger partial charge on any atom is -0.351 e. The monoisotopic (exact) mass is 367 g/mol. The van der Waals surface area contributed by atoms with E-state index in [4.69, 9.17) is 0 Å². The van der Waals surface area contributed by atoms with E-state index in [1.807, 2.05) is 0 Å². The molecule has 1 heterocycles. The minimum atomic E-state index is -3.23. The van der Waals surface area contributed by atoms with Gasteiger partial charge in [0.15, 0.2) is 0 Å². The Hall–Kier alpha value is -1.60. The first-order chi connectivity index (χ1) is 11.7. The van der Waals surface area contributed by atoms with Gasteiger partial charge >= 0.3 is 0 Å². The van der Waals surface area contributed by atoms with E-state index in [2.05, 4.69) is 37.9 Å². The van der Waals surface area contributed by atoms with Crippen molar-refractivity contribution in [3.8, 4) is 0 Å². The zero-order chi connectivity index (χ0) is 18.6. The molecule has 0 unspecified atom stereocenters. The number of carbonyl (C=O) groups is 1. The van der Waals surface area contributed by atoms with E-state index in [1.165, 1.54) is 4.31 Å². The molecule has 1 aliphatic heterocycles. The number of nitrogens with zero attached hydrogens (tertiary/aromatic N) is 2. The van der Waals surface area contributed by atoms with Crippen molar-refractivity contribution in [2.24, 2.45) is 0 Å². The van der Waals surface area contributed by atoms with Crippen LogP contribution >= 0.6 is 0 Å². The number of hydrogen-bond acceptors (Lipinski definition) is 4. The van der Waals surface area contributed by atoms with E-state index < -0.39 is 10.0 Å². The molecule has 6 nitrogen and oxygen atoms in total. The third kappa shape index (κ3) is 4.95. The number of sulfonamides is 1. The van der Waals surface area contributed by atoms with Gasteiger partial charge in [-0.15, -0.1) is 0 Å². The molecule has 0 bridgehead atoms. The predicted octanol–water partition coefficient (Wildman–Crippen LogP) is 2.08. The molecule has 1 fully saturated rings. The van der Waals surface area contributed by atoms with Crippen molar-refractivity contribution in [3.05, 3.63) is 29.8 Å². The Morgan fingerprint density at radius 2 is 1.92 bits per heavy atom. The fourth-order valence-corrected chi connectivity index (χ4v) is 4.80. The molecule has 0 spiro atoms. The average Bonchev–Trinajstić information content (AvgIpc) is 2.90. The maximum atomic E-state index is 12.4. The normalized spacial score (nSPS) is 16.8.